The number of aromatic hydroxyl groups is 3. The highest BCUT2D eigenvalue weighted by Crippen LogP contribution is 2.51. The zero-order chi connectivity index (χ0) is 84.6. The number of aliphatic hydroxyl groups is 5. The van der Waals surface area contributed by atoms with Gasteiger partial charge in [0.05, 0.1) is 46.9 Å². The van der Waals surface area contributed by atoms with E-state index in [1.807, 2.05) is 74.5 Å². The van der Waals surface area contributed by atoms with Crippen molar-refractivity contribution in [1.82, 2.24) is 42.2 Å². The molecule has 2 fully saturated rings. The van der Waals surface area contributed by atoms with Crippen molar-refractivity contribution < 1.29 is 112 Å². The minimum Gasteiger partial charge on any atom is -0.508 e. The second-order valence-corrected chi connectivity index (χ2v) is 31.7. The number of carbonyl (C=O) groups excluding carboxylic acids is 6. The van der Waals surface area contributed by atoms with Crippen molar-refractivity contribution in [1.29, 1.82) is 0 Å². The van der Waals surface area contributed by atoms with Crippen LogP contribution >= 0.6 is 35.0 Å². The summed E-state index contributed by atoms with van der Waals surface area (Å²) in [6.07, 6.45) is -18.1. The molecule has 1 aromatic heterocycles. The number of primary amides is 1. The first kappa shape index (κ1) is 84.8. The Labute approximate surface area is 688 Å². The van der Waals surface area contributed by atoms with Crippen LogP contribution in [0.25, 0.3) is 33.7 Å². The summed E-state index contributed by atoms with van der Waals surface area (Å²) in [5.74, 6) is -13.4. The number of hydrogen-bond donors (Lipinski definition) is 18. The van der Waals surface area contributed by atoms with Crippen LogP contribution in [0.1, 0.15) is 105 Å². The van der Waals surface area contributed by atoms with Gasteiger partial charge in [0, 0.05) is 57.3 Å². The van der Waals surface area contributed by atoms with Gasteiger partial charge >= 0.3 is 5.97 Å². The fourth-order valence-corrected chi connectivity index (χ4v) is 16.0. The number of fused-ring (bicyclic) bond motifs is 15. The van der Waals surface area contributed by atoms with Crippen LogP contribution in [0, 0.1) is 5.92 Å². The van der Waals surface area contributed by atoms with Crippen molar-refractivity contribution in [2.45, 2.75) is 161 Å². The molecule has 8 aromatic rings. The van der Waals surface area contributed by atoms with Crippen LogP contribution in [-0.2, 0) is 47.8 Å². The lowest BCUT2D eigenvalue weighted by Crippen LogP contribution is -2.64. The number of oxazole rings is 1. The van der Waals surface area contributed by atoms with E-state index in [1.54, 1.807) is 6.92 Å². The minimum atomic E-state index is -2.25. The first-order valence-electron chi connectivity index (χ1n) is 37.4. The molecule has 7 aliphatic rings. The predicted octanol–water partition coefficient (Wildman–Crippen LogP) is 6.22. The lowest BCUT2D eigenvalue weighted by Gasteiger charge is -2.47. The molecule has 6 amide bonds. The molecule has 118 heavy (non-hydrogen) atoms. The van der Waals surface area contributed by atoms with Gasteiger partial charge in [-0.2, -0.15) is 0 Å². The molecular formula is C82H86Cl2N10O23S. The first-order chi connectivity index (χ1) is 56.1. The summed E-state index contributed by atoms with van der Waals surface area (Å²) in [6.45, 7) is 11.0. The molecule has 11 unspecified atom stereocenters. The van der Waals surface area contributed by atoms with E-state index in [9.17, 15) is 60.3 Å². The highest BCUT2D eigenvalue weighted by atomic mass is 35.5. The number of ether oxygens (including phenoxy) is 6. The van der Waals surface area contributed by atoms with E-state index >= 15 is 19.2 Å². The van der Waals surface area contributed by atoms with Crippen molar-refractivity contribution in [3.63, 3.8) is 0 Å². The van der Waals surface area contributed by atoms with Gasteiger partial charge < -0.3 is 127 Å². The summed E-state index contributed by atoms with van der Waals surface area (Å²) >= 11 is 15.5. The van der Waals surface area contributed by atoms with Gasteiger partial charge in [-0.3, -0.25) is 28.8 Å². The van der Waals surface area contributed by atoms with E-state index in [0.717, 1.165) is 48.2 Å². The molecule has 0 aliphatic carbocycles. The summed E-state index contributed by atoms with van der Waals surface area (Å²) in [7, 11) is 1.49. The highest BCUT2D eigenvalue weighted by Gasteiger charge is 2.52. The Hall–Kier alpha value is -11.1. The molecule has 20 N–H and O–H groups in total. The number of nitrogens with one attached hydrogen (secondary N) is 7. The van der Waals surface area contributed by atoms with Gasteiger partial charge in [-0.15, -0.1) is 0 Å². The molecule has 33 nitrogen and oxygen atoms in total. The maximum Gasteiger partial charge on any atom is 0.330 e. The summed E-state index contributed by atoms with van der Waals surface area (Å²) in [4.78, 5) is 108. The molecule has 11 bridgehead atoms. The van der Waals surface area contributed by atoms with Crippen LogP contribution in [-0.4, -0.2) is 184 Å². The average molecular weight is 1680 g/mol. The molecule has 18 atom stereocenters. The summed E-state index contributed by atoms with van der Waals surface area (Å²) in [6, 6.07) is 19.8. The lowest BCUT2D eigenvalue weighted by molar-refractivity contribution is -0.329. The van der Waals surface area contributed by atoms with Gasteiger partial charge in [-0.1, -0.05) is 134 Å². The average Bonchev–Trinajstić information content (AvgIpc) is 1.03. The number of phenols is 3. The third-order valence-electron chi connectivity index (χ3n) is 20.8. The molecule has 36 heteroatoms. The third-order valence-corrected chi connectivity index (χ3v) is 22.3. The maximum absolute atomic E-state index is 16.4. The number of nitrogens with two attached hydrogens (primary N) is 2. The normalized spacial score (nSPS) is 26.8. The molecule has 0 spiro atoms. The molecule has 15 rings (SSSR count). The topological polar surface area (TPSA) is 519 Å². The number of carboxylic acid groups (broad SMARTS) is 1. The minimum absolute atomic E-state index is 0.0944. The van der Waals surface area contributed by atoms with Gasteiger partial charge in [-0.25, -0.2) is 9.78 Å². The largest absolute Gasteiger partial charge is 0.508 e. The van der Waals surface area contributed by atoms with Crippen LogP contribution in [0.4, 0.5) is 0 Å². The Balaban J connectivity index is 1.03. The summed E-state index contributed by atoms with van der Waals surface area (Å²) in [5, 5.41) is 125. The number of carbonyl (C=O) groups is 7. The highest BCUT2D eigenvalue weighted by molar-refractivity contribution is 7.99. The number of likely N-dealkylation sites (N-methyl/N-ethyl adjacent to an activating group) is 1. The molecule has 2 saturated heterocycles. The number of aliphatic hydroxyl groups excluding tert-OH is 5. The molecular weight excluding hydrogens is 1600 g/mol. The Kier molecular flexibility index (Phi) is 25.3. The Morgan fingerprint density at radius 1 is 0.712 bits per heavy atom. The number of phenolic OH excluding ortho intramolecular Hbond substituents is 3. The molecule has 7 aromatic carbocycles. The zero-order valence-electron chi connectivity index (χ0n) is 63.7. The van der Waals surface area contributed by atoms with E-state index in [-0.39, 0.29) is 79.1 Å². The zero-order valence-corrected chi connectivity index (χ0v) is 66.0. The molecule has 7 aliphatic heterocycles. The van der Waals surface area contributed by atoms with Crippen molar-refractivity contribution in [2.24, 2.45) is 17.4 Å². The van der Waals surface area contributed by atoms with Crippen molar-refractivity contribution >= 4 is 76.4 Å². The van der Waals surface area contributed by atoms with Crippen molar-refractivity contribution in [3.05, 3.63) is 190 Å². The maximum atomic E-state index is 16.4. The van der Waals surface area contributed by atoms with Crippen molar-refractivity contribution in [3.8, 4) is 79.7 Å². The number of benzene rings is 7. The predicted molar refractivity (Wildman–Crippen MR) is 424 cm³/mol. The van der Waals surface area contributed by atoms with E-state index in [1.165, 1.54) is 56.4 Å². The van der Waals surface area contributed by atoms with Gasteiger partial charge in [0.25, 0.3) is 5.22 Å². The van der Waals surface area contributed by atoms with Crippen LogP contribution in [0.5, 0.6) is 46.0 Å². The molecule has 8 heterocycles. The molecule has 0 saturated carbocycles. The third kappa shape index (κ3) is 18.1. The van der Waals surface area contributed by atoms with Crippen LogP contribution in [0.3, 0.4) is 0 Å². The Morgan fingerprint density at radius 3 is 1.95 bits per heavy atom. The van der Waals surface area contributed by atoms with E-state index in [0.29, 0.717) is 22.6 Å². The number of aromatic nitrogens is 1. The number of thioether (sulfide) groups is 1. The van der Waals surface area contributed by atoms with Crippen LogP contribution < -0.4 is 62.9 Å². The SMILES string of the molecule is C=C1N[C@@H]2C(=O)N[C@@H](C(=O)O)c3cc(O)cc(O)c3-c3cc(ccc3O)C1NC(=O)C1NC(=O)[C@H](CC(N)=O)NC(=O)[C@H](NC(=O)[C@@H](CC(C)C)NC)[C@H](O)c3ccc(c(Cl)c3)Oc3cc1cc(c3OC1OC(CSc3nc(-c4ccccc4)c(-c4ccccc4)o3)C(O)C(O)C1OC1CC(C)(N)C(O)C(C)O1)Oc1ccc(cc1Cl)[C@H]2O. The fraction of sp³-hybridized carbons (Fsp3) is 0.341. The van der Waals surface area contributed by atoms with E-state index in [4.69, 9.17) is 72.5 Å². The summed E-state index contributed by atoms with van der Waals surface area (Å²) < 4.78 is 46.8. The van der Waals surface area contributed by atoms with Crippen molar-refractivity contribution in [2.75, 3.05) is 12.8 Å². The number of amides is 6. The Morgan fingerprint density at radius 2 is 1.34 bits per heavy atom. The number of aliphatic carboxylic acids is 1. The van der Waals surface area contributed by atoms with E-state index in [2.05, 4.69) is 43.8 Å². The van der Waals surface area contributed by atoms with Gasteiger partial charge in [0.15, 0.2) is 35.7 Å². The van der Waals surface area contributed by atoms with Gasteiger partial charge in [-0.05, 0) is 110 Å². The number of rotatable bonds is 17. The standard InChI is InChI=1S/C82H86Cl2N10O23S/c1-34(2)23-48(87-6)74(104)93-65-67(100)41-19-22-53(47(84)26-41)113-55-28-42-27-54(71(55)116-80-72(115-58-32-82(5,86)73(103)36(4)111-58)69(102)68(101)56(114-80)33-118-81-94-61(37-13-9-7-10-14-37)70(117-81)38-15-11-8-12-16-38)112-52-21-18-40(25-46(52)83)66(99)64-78(108)92-63(79(109)110)45-29-43(95)30-51(97)59(45)44-24-39(17-20-50(44)96)60(35(3)88-64)90-76(106)62(42)91-75(105)49(31-57(85)98)89-77(65)107/h7-22,24-30,34,36,48-49,56,58,60,62-69,72-73,80,87-88,95-97,99-103H,3,23,31-33,86H2,1-2,4-6H3,(H2,85,98)(H,89,107)(H,90,106)(H,91,105)(H,92,108)(H,93,104)(H,109,110)/t36?,48-,49+,56?,58?,60?,62?,63-,64+,65-,66-,67-,68?,69?,72?,73?,80?,82?/m1/s1. The quantitative estimate of drug-likeness (QED) is 0.0450. The second-order valence-electron chi connectivity index (χ2n) is 29.9. The Bertz CT molecular complexity index is 5130. The van der Waals surface area contributed by atoms with Crippen LogP contribution in [0.2, 0.25) is 10.0 Å². The number of hydrogen-bond acceptors (Lipinski definition) is 27. The number of nitrogens with zero attached hydrogens (tertiary/aromatic N) is 1. The first-order valence-corrected chi connectivity index (χ1v) is 39.1. The lowest BCUT2D eigenvalue weighted by atomic mass is 9.86. The monoisotopic (exact) mass is 1680 g/mol. The van der Waals surface area contributed by atoms with Gasteiger partial charge in [0.1, 0.15) is 83.0 Å². The van der Waals surface area contributed by atoms with Crippen LogP contribution in [0.15, 0.2) is 161 Å². The number of halogens is 2. The summed E-state index contributed by atoms with van der Waals surface area (Å²) in [5.41, 5.74) is 10.5. The van der Waals surface area contributed by atoms with E-state index < -0.39 is 208 Å². The second kappa shape index (κ2) is 35.2. The fourth-order valence-electron chi connectivity index (χ4n) is 14.7. The number of carboxylic acids is 1. The molecule has 622 valence electrons. The smallest absolute Gasteiger partial charge is 0.330 e. The van der Waals surface area contributed by atoms with Gasteiger partial charge in [0.2, 0.25) is 47.5 Å². The molecule has 0 radical (unpaired) electrons.